The van der Waals surface area contributed by atoms with Crippen molar-refractivity contribution in [1.29, 1.82) is 0 Å². The molecule has 2 N–H and O–H groups in total. The van der Waals surface area contributed by atoms with Gasteiger partial charge < -0.3 is 24.3 Å². The van der Waals surface area contributed by atoms with Crippen LogP contribution in [0.3, 0.4) is 0 Å². The van der Waals surface area contributed by atoms with Gasteiger partial charge in [-0.15, -0.1) is 0 Å². The van der Waals surface area contributed by atoms with Crippen LogP contribution in [0, 0.1) is 29.1 Å². The van der Waals surface area contributed by atoms with E-state index in [9.17, 15) is 19.2 Å². The summed E-state index contributed by atoms with van der Waals surface area (Å²) in [4.78, 5) is 64.2. The number of carbonyl (C=O) groups excluding carboxylic acids is 4. The topological polar surface area (TPSA) is 138 Å². The SMILES string of the molecule is CCn1c(-c2cccnc2C(C)C)c2c3cc(ccc31)-c1cccc(c1)C[C@H](NC(=O)[C@@H](COC1CN(C(=O)C#CC(C)(C)N(C)C)C1)C(C)C)C(=O)N1CCC[C@H](N1)C(=O)OCC(C)(C)C2. The van der Waals surface area contributed by atoms with E-state index in [1.54, 1.807) is 4.90 Å². The molecule has 0 spiro atoms. The molecule has 2 saturated heterocycles. The minimum atomic E-state index is -0.948. The highest BCUT2D eigenvalue weighted by molar-refractivity contribution is 5.96. The summed E-state index contributed by atoms with van der Waals surface area (Å²) in [5.41, 5.74) is 10.8. The number of nitrogens with one attached hydrogen (secondary N) is 2. The smallest absolute Gasteiger partial charge is 0.324 e. The molecule has 2 aromatic heterocycles. The fraction of sp³-hybridized carbons (Fsp3) is 0.537. The van der Waals surface area contributed by atoms with Crippen LogP contribution in [-0.2, 0) is 48.0 Å². The lowest BCUT2D eigenvalue weighted by atomic mass is 9.83. The highest BCUT2D eigenvalue weighted by Crippen LogP contribution is 2.42. The zero-order valence-corrected chi connectivity index (χ0v) is 41.5. The molecule has 2 aromatic carbocycles. The minimum Gasteiger partial charge on any atom is -0.464 e. The number of hydrogen-bond acceptors (Lipinski definition) is 9. The van der Waals surface area contributed by atoms with Gasteiger partial charge in [0.05, 0.1) is 42.2 Å². The summed E-state index contributed by atoms with van der Waals surface area (Å²) < 4.78 is 14.8. The van der Waals surface area contributed by atoms with Crippen molar-refractivity contribution in [2.75, 3.05) is 46.9 Å². The van der Waals surface area contributed by atoms with E-state index in [0.29, 0.717) is 38.9 Å². The van der Waals surface area contributed by atoms with Crippen LogP contribution >= 0.6 is 0 Å². The number of benzene rings is 2. The van der Waals surface area contributed by atoms with Gasteiger partial charge in [0.1, 0.15) is 12.1 Å². The summed E-state index contributed by atoms with van der Waals surface area (Å²) in [6.07, 6.45) is 3.60. The van der Waals surface area contributed by atoms with Gasteiger partial charge in [0.25, 0.3) is 11.8 Å². The van der Waals surface area contributed by atoms with Gasteiger partial charge in [-0.05, 0) is 118 Å². The van der Waals surface area contributed by atoms with Gasteiger partial charge in [0, 0.05) is 60.7 Å². The summed E-state index contributed by atoms with van der Waals surface area (Å²) in [5.74, 6) is 4.07. The lowest BCUT2D eigenvalue weighted by molar-refractivity contribution is -0.155. The summed E-state index contributed by atoms with van der Waals surface area (Å²) in [6.45, 7) is 20.9. The van der Waals surface area contributed by atoms with Gasteiger partial charge in [-0.25, -0.2) is 5.43 Å². The summed E-state index contributed by atoms with van der Waals surface area (Å²) in [5, 5.41) is 5.75. The molecule has 0 saturated carbocycles. The molecule has 3 aliphatic rings. The van der Waals surface area contributed by atoms with Crippen LogP contribution in [0.25, 0.3) is 33.3 Å². The molecule has 6 bridgehead atoms. The lowest BCUT2D eigenvalue weighted by Crippen LogP contribution is -2.61. The fourth-order valence-corrected chi connectivity index (χ4v) is 9.21. The van der Waals surface area contributed by atoms with Gasteiger partial charge in [-0.3, -0.25) is 34.1 Å². The summed E-state index contributed by atoms with van der Waals surface area (Å²) >= 11 is 0. The molecule has 3 aliphatic heterocycles. The molecule has 0 aliphatic carbocycles. The Morgan fingerprint density at radius 2 is 1.79 bits per heavy atom. The van der Waals surface area contributed by atoms with Crippen molar-refractivity contribution in [1.82, 2.24) is 35.1 Å². The molecule has 0 radical (unpaired) electrons. The monoisotopic (exact) mass is 914 g/mol. The number of fused-ring (bicyclic) bond motifs is 6. The van der Waals surface area contributed by atoms with E-state index in [-0.39, 0.29) is 55.3 Å². The first-order chi connectivity index (χ1) is 31.8. The number of hydrogen-bond donors (Lipinski definition) is 2. The summed E-state index contributed by atoms with van der Waals surface area (Å²) in [6, 6.07) is 17.3. The molecule has 4 aromatic rings. The number of esters is 1. The molecule has 13 nitrogen and oxygen atoms in total. The number of cyclic esters (lactones) is 1. The van der Waals surface area contributed by atoms with E-state index in [0.717, 1.165) is 51.1 Å². The second kappa shape index (κ2) is 20.4. The second-order valence-electron chi connectivity index (χ2n) is 20.8. The third-order valence-corrected chi connectivity index (χ3v) is 13.8. The number of nitrogens with zero attached hydrogens (tertiary/aromatic N) is 5. The number of hydrazine groups is 1. The van der Waals surface area contributed by atoms with Crippen molar-refractivity contribution in [3.63, 3.8) is 0 Å². The highest BCUT2D eigenvalue weighted by atomic mass is 16.5. The van der Waals surface area contributed by atoms with Gasteiger partial charge in [0.15, 0.2) is 0 Å². The maximum Gasteiger partial charge on any atom is 0.324 e. The van der Waals surface area contributed by atoms with E-state index in [4.69, 9.17) is 14.5 Å². The Morgan fingerprint density at radius 1 is 1.04 bits per heavy atom. The third kappa shape index (κ3) is 11.1. The van der Waals surface area contributed by atoms with Crippen LogP contribution in [0.5, 0.6) is 0 Å². The van der Waals surface area contributed by atoms with Crippen molar-refractivity contribution < 1.29 is 28.7 Å². The quantitative estimate of drug-likeness (QED) is 0.127. The van der Waals surface area contributed by atoms with Crippen molar-refractivity contribution >= 4 is 34.6 Å². The zero-order valence-electron chi connectivity index (χ0n) is 41.5. The van der Waals surface area contributed by atoms with Crippen LogP contribution in [0.2, 0.25) is 0 Å². The van der Waals surface area contributed by atoms with Crippen molar-refractivity contribution in [3.8, 4) is 34.2 Å². The van der Waals surface area contributed by atoms with Crippen molar-refractivity contribution in [3.05, 3.63) is 77.6 Å². The highest BCUT2D eigenvalue weighted by Gasteiger charge is 2.38. The van der Waals surface area contributed by atoms with Crippen LogP contribution in [0.4, 0.5) is 0 Å². The molecular weight excluding hydrogens is 843 g/mol. The van der Waals surface area contributed by atoms with E-state index < -0.39 is 34.9 Å². The normalized spacial score (nSPS) is 19.7. The lowest BCUT2D eigenvalue weighted by Gasteiger charge is -2.39. The molecular formula is C54H71N7O6. The maximum atomic E-state index is 14.7. The molecule has 7 rings (SSSR count). The van der Waals surface area contributed by atoms with Crippen LogP contribution in [0.15, 0.2) is 60.8 Å². The molecule has 13 heteroatoms. The Labute approximate surface area is 397 Å². The zero-order chi connectivity index (χ0) is 48.4. The second-order valence-corrected chi connectivity index (χ2v) is 20.8. The minimum absolute atomic E-state index is 0.107. The predicted molar refractivity (Wildman–Crippen MR) is 263 cm³/mol. The molecule has 0 unspecified atom stereocenters. The van der Waals surface area contributed by atoms with E-state index in [1.807, 2.05) is 71.1 Å². The van der Waals surface area contributed by atoms with Crippen molar-refractivity contribution in [2.24, 2.45) is 17.3 Å². The maximum absolute atomic E-state index is 14.7. The van der Waals surface area contributed by atoms with E-state index >= 15 is 0 Å². The number of carbonyl (C=O) groups is 4. The molecule has 3 atom stereocenters. The van der Waals surface area contributed by atoms with Gasteiger partial charge in [-0.2, -0.15) is 0 Å². The molecule has 5 heterocycles. The number of aryl methyl sites for hydroxylation is 1. The Balaban J connectivity index is 1.19. The standard InChI is InChI=1S/C54H71N7O6/c1-12-60-46-21-20-38-28-41(46)42(49(60)40-18-14-24-55-48(40)35(4)5)29-53(6,7)33-67-52(65)44-19-15-25-61(57-44)51(64)45(27-36-16-13-17-37(38)26-36)56-50(63)43(34(2)3)32-66-39-30-59(31-39)47(62)22-23-54(8,9)58(10)11/h13-14,16-18,20-21,24,26,28,34-35,39,43-45,57H,12,15,19,25,27,29-33H2,1-11H3,(H,56,63)/t43-,44-,45-/m0/s1. The molecule has 67 heavy (non-hydrogen) atoms. The Hall–Kier alpha value is -5.55. The van der Waals surface area contributed by atoms with Gasteiger partial charge in [0.2, 0.25) is 5.91 Å². The Morgan fingerprint density at radius 3 is 2.49 bits per heavy atom. The summed E-state index contributed by atoms with van der Waals surface area (Å²) in [7, 11) is 3.85. The average molecular weight is 914 g/mol. The van der Waals surface area contributed by atoms with Crippen LogP contribution in [-0.4, -0.2) is 119 Å². The number of amides is 3. The fourth-order valence-electron chi connectivity index (χ4n) is 9.21. The molecule has 358 valence electrons. The first-order valence-electron chi connectivity index (χ1n) is 24.1. The largest absolute Gasteiger partial charge is 0.464 e. The van der Waals surface area contributed by atoms with E-state index in [2.05, 4.69) is 98.2 Å². The van der Waals surface area contributed by atoms with Crippen LogP contribution in [0.1, 0.15) is 97.9 Å². The number of rotatable bonds is 10. The Kier molecular flexibility index (Phi) is 15.0. The number of pyridine rings is 1. The average Bonchev–Trinajstić information content (AvgIpc) is 3.58. The van der Waals surface area contributed by atoms with Crippen molar-refractivity contribution in [2.45, 2.75) is 124 Å². The van der Waals surface area contributed by atoms with Gasteiger partial charge >= 0.3 is 5.97 Å². The Bertz CT molecular complexity index is 2540. The van der Waals surface area contributed by atoms with E-state index in [1.165, 1.54) is 10.6 Å². The number of ether oxygens (including phenoxy) is 2. The first-order valence-corrected chi connectivity index (χ1v) is 24.1. The predicted octanol–water partition coefficient (Wildman–Crippen LogP) is 7.01. The number of aromatic nitrogens is 2. The van der Waals surface area contributed by atoms with Crippen LogP contribution < -0.4 is 10.7 Å². The molecule has 2 fully saturated rings. The van der Waals surface area contributed by atoms with Gasteiger partial charge in [-0.1, -0.05) is 77.8 Å². The number of likely N-dealkylation sites (tertiary alicyclic amines) is 1. The third-order valence-electron chi connectivity index (χ3n) is 13.8. The molecule has 3 amide bonds. The first kappa shape index (κ1) is 49.4.